The van der Waals surface area contributed by atoms with Gasteiger partial charge in [-0.25, -0.2) is 4.98 Å². The van der Waals surface area contributed by atoms with Crippen molar-refractivity contribution in [2.75, 3.05) is 31.2 Å². The van der Waals surface area contributed by atoms with Gasteiger partial charge in [-0.2, -0.15) is 13.2 Å². The molecule has 2 rings (SSSR count). The first-order chi connectivity index (χ1) is 8.98. The molecule has 0 spiro atoms. The lowest BCUT2D eigenvalue weighted by Crippen LogP contribution is -2.38. The summed E-state index contributed by atoms with van der Waals surface area (Å²) >= 11 is 0. The van der Waals surface area contributed by atoms with Crippen LogP contribution in [0.1, 0.15) is 25.0 Å². The molecule has 1 aromatic rings. The molecule has 2 heterocycles. The lowest BCUT2D eigenvalue weighted by molar-refractivity contribution is -0.137. The Morgan fingerprint density at radius 2 is 1.79 bits per heavy atom. The van der Waals surface area contributed by atoms with E-state index in [0.29, 0.717) is 31.9 Å². The molecule has 0 radical (unpaired) electrons. The Morgan fingerprint density at radius 1 is 1.21 bits per heavy atom. The molecule has 6 heteroatoms. The van der Waals surface area contributed by atoms with E-state index in [2.05, 4.69) is 4.98 Å². The Labute approximate surface area is 111 Å². The highest BCUT2D eigenvalue weighted by Gasteiger charge is 2.36. The van der Waals surface area contributed by atoms with Gasteiger partial charge in [-0.1, -0.05) is 13.8 Å². The van der Waals surface area contributed by atoms with Gasteiger partial charge in [-0.05, 0) is 18.6 Å². The summed E-state index contributed by atoms with van der Waals surface area (Å²) in [6.07, 6.45) is -2.91. The second-order valence-electron chi connectivity index (χ2n) is 3.98. The van der Waals surface area contributed by atoms with Crippen LogP contribution in [0.5, 0.6) is 0 Å². The monoisotopic (exact) mass is 276 g/mol. The molecular formula is C13H19F3N2O. The summed E-state index contributed by atoms with van der Waals surface area (Å²) in [5.74, 6) is 0.00593. The average Bonchev–Trinajstić information content (AvgIpc) is 2.41. The van der Waals surface area contributed by atoms with Crippen molar-refractivity contribution in [3.63, 3.8) is 0 Å². The first kappa shape index (κ1) is 15.8. The molecule has 1 saturated heterocycles. The number of rotatable bonds is 1. The Hall–Kier alpha value is -1.30. The molecule has 1 aliphatic rings. The van der Waals surface area contributed by atoms with Crippen LogP contribution in [-0.4, -0.2) is 31.3 Å². The number of ether oxygens (including phenoxy) is 1. The summed E-state index contributed by atoms with van der Waals surface area (Å²) in [5, 5.41) is 0. The summed E-state index contributed by atoms with van der Waals surface area (Å²) in [7, 11) is 0. The van der Waals surface area contributed by atoms with Crippen LogP contribution in [-0.2, 0) is 10.9 Å². The molecule has 0 aliphatic carbocycles. The SMILES string of the molecule is CC.Cc1cnc(N2CCOCC2)c(C(F)(F)F)c1. The van der Waals surface area contributed by atoms with Crippen LogP contribution >= 0.6 is 0 Å². The normalized spacial score (nSPS) is 15.8. The quantitative estimate of drug-likeness (QED) is 0.787. The fourth-order valence-electron chi connectivity index (χ4n) is 1.80. The predicted octanol–water partition coefficient (Wildman–Crippen LogP) is 3.27. The third-order valence-electron chi connectivity index (χ3n) is 2.62. The lowest BCUT2D eigenvalue weighted by Gasteiger charge is -2.29. The molecule has 0 amide bonds. The minimum absolute atomic E-state index is 0.00593. The number of aryl methyl sites for hydroxylation is 1. The second-order valence-corrected chi connectivity index (χ2v) is 3.98. The molecule has 108 valence electrons. The molecule has 0 unspecified atom stereocenters. The molecule has 1 aromatic heterocycles. The number of aromatic nitrogens is 1. The van der Waals surface area contributed by atoms with E-state index in [0.717, 1.165) is 6.07 Å². The molecule has 19 heavy (non-hydrogen) atoms. The standard InChI is InChI=1S/C11H13F3N2O.C2H6/c1-8-6-9(11(12,13)14)10(15-7-8)16-2-4-17-5-3-16;1-2/h6-7H,2-5H2,1H3;1-2H3. The predicted molar refractivity (Wildman–Crippen MR) is 68.4 cm³/mol. The molecule has 0 N–H and O–H groups in total. The number of halogens is 3. The van der Waals surface area contributed by atoms with Gasteiger partial charge in [-0.3, -0.25) is 0 Å². The number of hydrogen-bond donors (Lipinski definition) is 0. The number of alkyl halides is 3. The smallest absolute Gasteiger partial charge is 0.378 e. The lowest BCUT2D eigenvalue weighted by atomic mass is 10.1. The van der Waals surface area contributed by atoms with E-state index in [-0.39, 0.29) is 5.82 Å². The van der Waals surface area contributed by atoms with Crippen molar-refractivity contribution in [1.29, 1.82) is 0 Å². The van der Waals surface area contributed by atoms with E-state index in [1.54, 1.807) is 11.8 Å². The number of morpholine rings is 1. The topological polar surface area (TPSA) is 25.4 Å². The summed E-state index contributed by atoms with van der Waals surface area (Å²) in [6.45, 7) is 7.36. The minimum atomic E-state index is -4.37. The van der Waals surface area contributed by atoms with Gasteiger partial charge in [-0.15, -0.1) is 0 Å². The fourth-order valence-corrected chi connectivity index (χ4v) is 1.80. The van der Waals surface area contributed by atoms with Crippen molar-refractivity contribution in [2.24, 2.45) is 0 Å². The first-order valence-corrected chi connectivity index (χ1v) is 6.35. The molecule has 0 bridgehead atoms. The summed E-state index contributed by atoms with van der Waals surface area (Å²) in [6, 6.07) is 1.14. The summed E-state index contributed by atoms with van der Waals surface area (Å²) in [5.41, 5.74) is -0.159. The molecule has 1 fully saturated rings. The Kier molecular flexibility index (Phi) is 5.60. The van der Waals surface area contributed by atoms with Crippen LogP contribution in [0.2, 0.25) is 0 Å². The van der Waals surface area contributed by atoms with Gasteiger partial charge in [0, 0.05) is 19.3 Å². The van der Waals surface area contributed by atoms with Gasteiger partial charge in [0.2, 0.25) is 0 Å². The zero-order valence-electron chi connectivity index (χ0n) is 11.4. The fraction of sp³-hybridized carbons (Fsp3) is 0.615. The summed E-state index contributed by atoms with van der Waals surface area (Å²) in [4.78, 5) is 5.54. The van der Waals surface area contributed by atoms with Crippen molar-refractivity contribution in [3.05, 3.63) is 23.4 Å². The largest absolute Gasteiger partial charge is 0.419 e. The van der Waals surface area contributed by atoms with Crippen LogP contribution < -0.4 is 4.90 Å². The van der Waals surface area contributed by atoms with E-state index in [1.165, 1.54) is 6.20 Å². The second kappa shape index (κ2) is 6.75. The van der Waals surface area contributed by atoms with Crippen molar-refractivity contribution >= 4 is 5.82 Å². The Balaban J connectivity index is 0.000000861. The number of anilines is 1. The van der Waals surface area contributed by atoms with Gasteiger partial charge < -0.3 is 9.64 Å². The van der Waals surface area contributed by atoms with Gasteiger partial charge in [0.1, 0.15) is 5.82 Å². The number of nitrogens with zero attached hydrogens (tertiary/aromatic N) is 2. The highest BCUT2D eigenvalue weighted by atomic mass is 19.4. The molecule has 3 nitrogen and oxygen atoms in total. The zero-order chi connectivity index (χ0) is 14.5. The number of pyridine rings is 1. The van der Waals surface area contributed by atoms with Crippen molar-refractivity contribution in [3.8, 4) is 0 Å². The third-order valence-corrected chi connectivity index (χ3v) is 2.62. The average molecular weight is 276 g/mol. The Morgan fingerprint density at radius 3 is 2.32 bits per heavy atom. The number of hydrogen-bond acceptors (Lipinski definition) is 3. The minimum Gasteiger partial charge on any atom is -0.378 e. The van der Waals surface area contributed by atoms with Crippen molar-refractivity contribution in [1.82, 2.24) is 4.98 Å². The zero-order valence-corrected chi connectivity index (χ0v) is 11.4. The van der Waals surface area contributed by atoms with E-state index in [4.69, 9.17) is 4.74 Å². The van der Waals surface area contributed by atoms with Crippen LogP contribution in [0.25, 0.3) is 0 Å². The molecular weight excluding hydrogens is 257 g/mol. The van der Waals surface area contributed by atoms with Crippen molar-refractivity contribution < 1.29 is 17.9 Å². The maximum Gasteiger partial charge on any atom is 0.419 e. The van der Waals surface area contributed by atoms with Gasteiger partial charge in [0.25, 0.3) is 0 Å². The van der Waals surface area contributed by atoms with Gasteiger partial charge in [0.05, 0.1) is 18.8 Å². The highest BCUT2D eigenvalue weighted by Crippen LogP contribution is 2.35. The van der Waals surface area contributed by atoms with Crippen LogP contribution in [0.4, 0.5) is 19.0 Å². The van der Waals surface area contributed by atoms with E-state index >= 15 is 0 Å². The first-order valence-electron chi connectivity index (χ1n) is 6.35. The Bertz CT molecular complexity index is 401. The van der Waals surface area contributed by atoms with Gasteiger partial charge in [0.15, 0.2) is 0 Å². The van der Waals surface area contributed by atoms with E-state index in [1.807, 2.05) is 13.8 Å². The maximum absolute atomic E-state index is 12.9. The van der Waals surface area contributed by atoms with Crippen LogP contribution in [0.15, 0.2) is 12.3 Å². The van der Waals surface area contributed by atoms with E-state index in [9.17, 15) is 13.2 Å². The summed E-state index contributed by atoms with van der Waals surface area (Å²) < 4.78 is 43.8. The molecule has 1 aliphatic heterocycles. The highest BCUT2D eigenvalue weighted by molar-refractivity contribution is 5.50. The molecule has 0 atom stereocenters. The third kappa shape index (κ3) is 4.09. The van der Waals surface area contributed by atoms with Crippen LogP contribution in [0, 0.1) is 6.92 Å². The van der Waals surface area contributed by atoms with Crippen molar-refractivity contribution in [2.45, 2.75) is 26.9 Å². The van der Waals surface area contributed by atoms with Gasteiger partial charge >= 0.3 is 6.18 Å². The molecule has 0 aromatic carbocycles. The maximum atomic E-state index is 12.9. The van der Waals surface area contributed by atoms with Crippen LogP contribution in [0.3, 0.4) is 0 Å². The molecule has 0 saturated carbocycles. The van der Waals surface area contributed by atoms with E-state index < -0.39 is 11.7 Å².